The first kappa shape index (κ1) is 20.4. The SMILES string of the molecule is CC(=O)CCC[C@@H](C)[C@H]1CC[C@H]2C3=CC=C4C[C@@H](O)CC[C@]4(C)[C@H]3CC[C@]12C. The zero-order valence-corrected chi connectivity index (χ0v) is 18.5. The topological polar surface area (TPSA) is 37.3 Å². The van der Waals surface area contributed by atoms with E-state index in [9.17, 15) is 9.90 Å². The third-order valence-corrected chi connectivity index (χ3v) is 9.49. The fourth-order valence-electron chi connectivity index (χ4n) is 7.83. The number of aliphatic hydroxyl groups excluding tert-OH is 1. The molecule has 0 aromatic rings. The minimum atomic E-state index is -0.130. The van der Waals surface area contributed by atoms with Crippen LogP contribution in [0.4, 0.5) is 0 Å². The largest absolute Gasteiger partial charge is 0.393 e. The molecule has 2 nitrogen and oxygen atoms in total. The van der Waals surface area contributed by atoms with E-state index in [0.717, 1.165) is 49.9 Å². The number of hydrogen-bond acceptors (Lipinski definition) is 2. The molecule has 0 bridgehead atoms. The van der Waals surface area contributed by atoms with E-state index in [4.69, 9.17) is 0 Å². The van der Waals surface area contributed by atoms with Gasteiger partial charge in [0.05, 0.1) is 6.10 Å². The highest BCUT2D eigenvalue weighted by atomic mass is 16.3. The molecule has 7 atom stereocenters. The summed E-state index contributed by atoms with van der Waals surface area (Å²) in [6, 6.07) is 0. The van der Waals surface area contributed by atoms with E-state index in [1.807, 2.05) is 0 Å². The summed E-state index contributed by atoms with van der Waals surface area (Å²) in [5, 5.41) is 10.2. The fraction of sp³-hybridized carbons (Fsp3) is 0.808. The van der Waals surface area contributed by atoms with Crippen LogP contribution in [0.1, 0.15) is 91.9 Å². The van der Waals surface area contributed by atoms with Crippen molar-refractivity contribution >= 4 is 5.78 Å². The second-order valence-electron chi connectivity index (χ2n) is 11.1. The zero-order valence-electron chi connectivity index (χ0n) is 18.5. The third-order valence-electron chi connectivity index (χ3n) is 9.49. The van der Waals surface area contributed by atoms with Crippen LogP contribution in [0.15, 0.2) is 23.3 Å². The Morgan fingerprint density at radius 1 is 1.14 bits per heavy atom. The lowest BCUT2D eigenvalue weighted by Gasteiger charge is -2.55. The van der Waals surface area contributed by atoms with Gasteiger partial charge in [-0.15, -0.1) is 0 Å². The Hall–Kier alpha value is -0.890. The van der Waals surface area contributed by atoms with E-state index in [0.29, 0.717) is 17.1 Å². The minimum absolute atomic E-state index is 0.130. The second-order valence-corrected chi connectivity index (χ2v) is 11.1. The number of hydrogen-bond donors (Lipinski definition) is 1. The van der Waals surface area contributed by atoms with Gasteiger partial charge in [0, 0.05) is 6.42 Å². The first-order valence-corrected chi connectivity index (χ1v) is 11.8. The predicted octanol–water partition coefficient (Wildman–Crippen LogP) is 6.24. The number of fused-ring (bicyclic) bond motifs is 5. The summed E-state index contributed by atoms with van der Waals surface area (Å²) in [6.07, 6.45) is 16.1. The molecule has 2 heteroatoms. The average Bonchev–Trinajstić information content (AvgIpc) is 2.99. The van der Waals surface area contributed by atoms with Crippen molar-refractivity contribution in [3.05, 3.63) is 23.3 Å². The van der Waals surface area contributed by atoms with E-state index in [2.05, 4.69) is 32.9 Å². The molecule has 0 heterocycles. The summed E-state index contributed by atoms with van der Waals surface area (Å²) in [4.78, 5) is 11.3. The van der Waals surface area contributed by atoms with Gasteiger partial charge in [-0.3, -0.25) is 0 Å². The highest BCUT2D eigenvalue weighted by molar-refractivity contribution is 5.75. The van der Waals surface area contributed by atoms with Crippen LogP contribution < -0.4 is 0 Å². The number of ketones is 1. The molecule has 28 heavy (non-hydrogen) atoms. The third kappa shape index (κ3) is 3.24. The van der Waals surface area contributed by atoms with Gasteiger partial charge in [0.2, 0.25) is 0 Å². The van der Waals surface area contributed by atoms with E-state index >= 15 is 0 Å². The fourth-order valence-corrected chi connectivity index (χ4v) is 7.83. The van der Waals surface area contributed by atoms with Crippen molar-refractivity contribution in [2.45, 2.75) is 98.0 Å². The Bertz CT molecular complexity index is 689. The van der Waals surface area contributed by atoms with Crippen LogP contribution in [0.5, 0.6) is 0 Å². The van der Waals surface area contributed by atoms with Gasteiger partial charge in [-0.2, -0.15) is 0 Å². The van der Waals surface area contributed by atoms with Gasteiger partial charge in [0.15, 0.2) is 0 Å². The molecule has 0 amide bonds. The number of aliphatic hydroxyl groups is 1. The molecule has 0 unspecified atom stereocenters. The van der Waals surface area contributed by atoms with Crippen LogP contribution in [0, 0.1) is 34.5 Å². The molecule has 4 aliphatic rings. The van der Waals surface area contributed by atoms with E-state index in [1.165, 1.54) is 37.7 Å². The molecule has 0 aromatic heterocycles. The molecule has 4 aliphatic carbocycles. The van der Waals surface area contributed by atoms with Crippen molar-refractivity contribution in [2.75, 3.05) is 0 Å². The van der Waals surface area contributed by atoms with E-state index in [-0.39, 0.29) is 11.5 Å². The zero-order chi connectivity index (χ0) is 20.1. The molecular formula is C26H40O2. The molecule has 4 rings (SSSR count). The Morgan fingerprint density at radius 3 is 2.68 bits per heavy atom. The Balaban J connectivity index is 1.54. The molecule has 3 fully saturated rings. The molecule has 156 valence electrons. The summed E-state index contributed by atoms with van der Waals surface area (Å²) < 4.78 is 0. The number of carbonyl (C=O) groups is 1. The van der Waals surface area contributed by atoms with Gasteiger partial charge in [0.25, 0.3) is 0 Å². The summed E-state index contributed by atoms with van der Waals surface area (Å²) in [5.41, 5.74) is 3.98. The smallest absolute Gasteiger partial charge is 0.129 e. The molecule has 0 aliphatic heterocycles. The maximum absolute atomic E-state index is 11.3. The van der Waals surface area contributed by atoms with Crippen LogP contribution in [-0.2, 0) is 4.79 Å². The van der Waals surface area contributed by atoms with Crippen LogP contribution >= 0.6 is 0 Å². The maximum atomic E-state index is 11.3. The number of allylic oxidation sites excluding steroid dienone is 3. The molecule has 0 saturated heterocycles. The first-order valence-electron chi connectivity index (χ1n) is 11.8. The van der Waals surface area contributed by atoms with Crippen LogP contribution in [-0.4, -0.2) is 17.0 Å². The molecule has 1 N–H and O–H groups in total. The standard InChI is InChI=1S/C26H40O2/c1-17(6-5-7-18(2)27)22-10-11-23-21-9-8-19-16-20(28)12-14-25(19,3)24(21)13-15-26(22,23)4/h8-9,17,20,22-24,28H,5-7,10-16H2,1-4H3/t17-,20+,22-,23+,24+,25+,26-/m1/s1. The normalized spacial score (nSPS) is 43.3. The second kappa shape index (κ2) is 7.42. The quantitative estimate of drug-likeness (QED) is 0.609. The highest BCUT2D eigenvalue weighted by Crippen LogP contribution is 2.66. The summed E-state index contributed by atoms with van der Waals surface area (Å²) in [6.45, 7) is 9.24. The highest BCUT2D eigenvalue weighted by Gasteiger charge is 2.56. The Morgan fingerprint density at radius 2 is 1.93 bits per heavy atom. The van der Waals surface area contributed by atoms with Crippen LogP contribution in [0.25, 0.3) is 0 Å². The first-order chi connectivity index (χ1) is 13.3. The van der Waals surface area contributed by atoms with Crippen LogP contribution in [0.2, 0.25) is 0 Å². The van der Waals surface area contributed by atoms with Gasteiger partial charge in [0.1, 0.15) is 5.78 Å². The number of rotatable bonds is 5. The number of carbonyl (C=O) groups excluding carboxylic acids is 1. The van der Waals surface area contributed by atoms with Crippen molar-refractivity contribution in [2.24, 2.45) is 34.5 Å². The van der Waals surface area contributed by atoms with Gasteiger partial charge in [-0.25, -0.2) is 0 Å². The molecule has 0 radical (unpaired) electrons. The molecular weight excluding hydrogens is 344 g/mol. The molecule has 0 spiro atoms. The Labute approximate surface area is 171 Å². The minimum Gasteiger partial charge on any atom is -0.393 e. The molecule has 0 aromatic carbocycles. The van der Waals surface area contributed by atoms with Crippen LogP contribution in [0.3, 0.4) is 0 Å². The van der Waals surface area contributed by atoms with Crippen molar-refractivity contribution in [1.29, 1.82) is 0 Å². The Kier molecular flexibility index (Phi) is 5.40. The van der Waals surface area contributed by atoms with Crippen molar-refractivity contribution in [3.8, 4) is 0 Å². The summed E-state index contributed by atoms with van der Waals surface area (Å²) in [7, 11) is 0. The average molecular weight is 385 g/mol. The van der Waals surface area contributed by atoms with Gasteiger partial charge < -0.3 is 9.90 Å². The lowest BCUT2D eigenvalue weighted by molar-refractivity contribution is -0.117. The monoisotopic (exact) mass is 384 g/mol. The van der Waals surface area contributed by atoms with Crippen molar-refractivity contribution < 1.29 is 9.90 Å². The van der Waals surface area contributed by atoms with E-state index in [1.54, 1.807) is 12.5 Å². The van der Waals surface area contributed by atoms with Crippen molar-refractivity contribution in [1.82, 2.24) is 0 Å². The summed E-state index contributed by atoms with van der Waals surface area (Å²) in [5.74, 6) is 3.31. The van der Waals surface area contributed by atoms with Crippen molar-refractivity contribution in [3.63, 3.8) is 0 Å². The molecule has 3 saturated carbocycles. The van der Waals surface area contributed by atoms with E-state index < -0.39 is 0 Å². The van der Waals surface area contributed by atoms with Gasteiger partial charge >= 0.3 is 0 Å². The lowest BCUT2D eigenvalue weighted by Crippen LogP contribution is -2.46. The number of Topliss-reactive ketones (excluding diaryl/α,β-unsaturated/α-hetero) is 1. The maximum Gasteiger partial charge on any atom is 0.129 e. The van der Waals surface area contributed by atoms with Gasteiger partial charge in [-0.05, 0) is 92.8 Å². The van der Waals surface area contributed by atoms with Gasteiger partial charge in [-0.1, -0.05) is 50.5 Å². The lowest BCUT2D eigenvalue weighted by atomic mass is 9.50. The summed E-state index contributed by atoms with van der Waals surface area (Å²) >= 11 is 0. The predicted molar refractivity (Wildman–Crippen MR) is 115 cm³/mol.